The summed E-state index contributed by atoms with van der Waals surface area (Å²) in [7, 11) is 0. The number of aromatic nitrogens is 1. The van der Waals surface area contributed by atoms with Crippen molar-refractivity contribution in [1.29, 1.82) is 0 Å². The van der Waals surface area contributed by atoms with Gasteiger partial charge in [-0.2, -0.15) is 0 Å². The molecule has 5 nitrogen and oxygen atoms in total. The Kier molecular flexibility index (Phi) is 4.36. The zero-order chi connectivity index (χ0) is 18.3. The van der Waals surface area contributed by atoms with E-state index >= 15 is 0 Å². The number of carbonyl (C=O) groups is 1. The highest BCUT2D eigenvalue weighted by molar-refractivity contribution is 6.00. The van der Waals surface area contributed by atoms with Gasteiger partial charge in [-0.3, -0.25) is 4.79 Å². The van der Waals surface area contributed by atoms with Crippen LogP contribution in [0, 0.1) is 12.7 Å². The molecule has 1 amide bonds. The lowest BCUT2D eigenvalue weighted by Crippen LogP contribution is -2.37. The minimum absolute atomic E-state index is 0.0321. The average Bonchev–Trinajstić information content (AvgIpc) is 2.88. The highest BCUT2D eigenvalue weighted by Crippen LogP contribution is 2.36. The Morgan fingerprint density at radius 3 is 2.77 bits per heavy atom. The molecule has 3 heterocycles. The Morgan fingerprint density at radius 2 is 2.04 bits per heavy atom. The molecule has 1 unspecified atom stereocenters. The van der Waals surface area contributed by atoms with Crippen molar-refractivity contribution in [2.75, 3.05) is 31.2 Å². The number of fused-ring (bicyclic) bond motifs is 1. The molecule has 6 heteroatoms. The predicted molar refractivity (Wildman–Crippen MR) is 96.7 cm³/mol. The van der Waals surface area contributed by atoms with E-state index in [1.165, 1.54) is 12.1 Å². The van der Waals surface area contributed by atoms with E-state index in [4.69, 9.17) is 9.72 Å². The number of hydrogen-bond acceptors (Lipinski definition) is 4. The number of halogens is 1. The Hall–Kier alpha value is -2.47. The van der Waals surface area contributed by atoms with Crippen LogP contribution in [0.1, 0.15) is 40.1 Å². The Labute approximate surface area is 152 Å². The Balaban J connectivity index is 1.65. The summed E-state index contributed by atoms with van der Waals surface area (Å²) in [6.45, 7) is 7.32. The van der Waals surface area contributed by atoms with Gasteiger partial charge in [0.15, 0.2) is 0 Å². The molecule has 1 atom stereocenters. The molecular weight excluding hydrogens is 333 g/mol. The molecule has 0 N–H and O–H groups in total. The van der Waals surface area contributed by atoms with Gasteiger partial charge in [-0.25, -0.2) is 9.37 Å². The molecule has 1 aromatic carbocycles. The largest absolute Gasteiger partial charge is 0.378 e. The smallest absolute Gasteiger partial charge is 0.256 e. The van der Waals surface area contributed by atoms with Crippen LogP contribution in [0.15, 0.2) is 30.3 Å². The molecule has 1 aromatic heterocycles. The Morgan fingerprint density at radius 1 is 1.27 bits per heavy atom. The van der Waals surface area contributed by atoms with E-state index in [0.29, 0.717) is 25.3 Å². The molecule has 26 heavy (non-hydrogen) atoms. The van der Waals surface area contributed by atoms with Crippen molar-refractivity contribution < 1.29 is 13.9 Å². The number of benzene rings is 1. The lowest BCUT2D eigenvalue weighted by molar-refractivity contribution is 0.0721. The van der Waals surface area contributed by atoms with Crippen LogP contribution in [0.25, 0.3) is 0 Å². The van der Waals surface area contributed by atoms with E-state index in [2.05, 4.69) is 4.90 Å². The molecule has 1 fully saturated rings. The first-order valence-corrected chi connectivity index (χ1v) is 8.94. The fourth-order valence-electron chi connectivity index (χ4n) is 3.72. The van der Waals surface area contributed by atoms with Crippen molar-refractivity contribution in [2.24, 2.45) is 0 Å². The molecule has 0 aliphatic carbocycles. The summed E-state index contributed by atoms with van der Waals surface area (Å²) in [4.78, 5) is 21.7. The third-order valence-corrected chi connectivity index (χ3v) is 5.15. The highest BCUT2D eigenvalue weighted by atomic mass is 19.1. The summed E-state index contributed by atoms with van der Waals surface area (Å²) in [6.07, 6.45) is 0. The molecule has 2 aromatic rings. The van der Waals surface area contributed by atoms with Gasteiger partial charge >= 0.3 is 0 Å². The van der Waals surface area contributed by atoms with Crippen LogP contribution in [-0.2, 0) is 11.3 Å². The topological polar surface area (TPSA) is 45.7 Å². The van der Waals surface area contributed by atoms with E-state index < -0.39 is 0 Å². The number of pyridine rings is 1. The second-order valence-corrected chi connectivity index (χ2v) is 6.90. The van der Waals surface area contributed by atoms with Crippen molar-refractivity contribution in [3.05, 3.63) is 58.5 Å². The Bertz CT molecular complexity index is 849. The number of amides is 1. The normalized spacial score (nSPS) is 19.8. The lowest BCUT2D eigenvalue weighted by Gasteiger charge is -2.28. The standard InChI is InChI=1S/C20H22FN3O2/c1-13-10-17(23-6-8-26-9-7-23)22-19-14(2)24(20(25)18(13)19)12-15-4-3-5-16(21)11-15/h3-5,10-11,14H,6-9,12H2,1-2H3. The van der Waals surface area contributed by atoms with Gasteiger partial charge in [0.2, 0.25) is 0 Å². The number of rotatable bonds is 3. The molecule has 4 rings (SSSR count). The van der Waals surface area contributed by atoms with Crippen LogP contribution in [0.5, 0.6) is 0 Å². The number of nitrogens with zero attached hydrogens (tertiary/aromatic N) is 3. The molecular formula is C20H22FN3O2. The van der Waals surface area contributed by atoms with Gasteiger partial charge in [0.25, 0.3) is 5.91 Å². The van der Waals surface area contributed by atoms with Gasteiger partial charge in [0.1, 0.15) is 11.6 Å². The fraction of sp³-hybridized carbons (Fsp3) is 0.400. The average molecular weight is 355 g/mol. The number of hydrogen-bond donors (Lipinski definition) is 0. The quantitative estimate of drug-likeness (QED) is 0.849. The van der Waals surface area contributed by atoms with Crippen molar-refractivity contribution >= 4 is 11.7 Å². The van der Waals surface area contributed by atoms with Crippen molar-refractivity contribution in [3.8, 4) is 0 Å². The second-order valence-electron chi connectivity index (χ2n) is 6.90. The first-order valence-electron chi connectivity index (χ1n) is 8.94. The summed E-state index contributed by atoms with van der Waals surface area (Å²) in [5.41, 5.74) is 3.22. The van der Waals surface area contributed by atoms with Gasteiger partial charge in [-0.15, -0.1) is 0 Å². The molecule has 0 spiro atoms. The van der Waals surface area contributed by atoms with Crippen LogP contribution >= 0.6 is 0 Å². The molecule has 0 saturated carbocycles. The summed E-state index contributed by atoms with van der Waals surface area (Å²) < 4.78 is 18.9. The number of carbonyl (C=O) groups excluding carboxylic acids is 1. The number of anilines is 1. The maximum Gasteiger partial charge on any atom is 0.256 e. The van der Waals surface area contributed by atoms with E-state index in [1.54, 1.807) is 11.0 Å². The van der Waals surface area contributed by atoms with E-state index in [0.717, 1.165) is 35.7 Å². The SMILES string of the molecule is Cc1cc(N2CCOCC2)nc2c1C(=O)N(Cc1cccc(F)c1)C2C. The van der Waals surface area contributed by atoms with Crippen LogP contribution in [0.2, 0.25) is 0 Å². The lowest BCUT2D eigenvalue weighted by atomic mass is 10.1. The van der Waals surface area contributed by atoms with Crippen molar-refractivity contribution in [1.82, 2.24) is 9.88 Å². The first kappa shape index (κ1) is 17.0. The third-order valence-electron chi connectivity index (χ3n) is 5.15. The van der Waals surface area contributed by atoms with Crippen LogP contribution in [0.3, 0.4) is 0 Å². The molecule has 136 valence electrons. The monoisotopic (exact) mass is 355 g/mol. The summed E-state index contributed by atoms with van der Waals surface area (Å²) in [5.74, 6) is 0.579. The van der Waals surface area contributed by atoms with Crippen molar-refractivity contribution in [3.63, 3.8) is 0 Å². The summed E-state index contributed by atoms with van der Waals surface area (Å²) >= 11 is 0. The van der Waals surface area contributed by atoms with Gasteiger partial charge in [-0.1, -0.05) is 12.1 Å². The molecule has 1 saturated heterocycles. The number of morpholine rings is 1. The van der Waals surface area contributed by atoms with Gasteiger partial charge in [0, 0.05) is 19.6 Å². The molecule has 2 aliphatic heterocycles. The minimum atomic E-state index is -0.289. The number of ether oxygens (including phenoxy) is 1. The number of aryl methyl sites for hydroxylation is 1. The van der Waals surface area contributed by atoms with Gasteiger partial charge in [-0.05, 0) is 43.2 Å². The third kappa shape index (κ3) is 2.94. The van der Waals surface area contributed by atoms with Gasteiger partial charge < -0.3 is 14.5 Å². The maximum absolute atomic E-state index is 13.5. The zero-order valence-electron chi connectivity index (χ0n) is 15.0. The van der Waals surface area contributed by atoms with Crippen LogP contribution in [0.4, 0.5) is 10.2 Å². The second kappa shape index (κ2) is 6.68. The zero-order valence-corrected chi connectivity index (χ0v) is 15.0. The fourth-order valence-corrected chi connectivity index (χ4v) is 3.72. The summed E-state index contributed by atoms with van der Waals surface area (Å²) in [5, 5.41) is 0. The predicted octanol–water partition coefficient (Wildman–Crippen LogP) is 3.08. The molecule has 0 radical (unpaired) electrons. The van der Waals surface area contributed by atoms with E-state index in [9.17, 15) is 9.18 Å². The van der Waals surface area contributed by atoms with Crippen molar-refractivity contribution in [2.45, 2.75) is 26.4 Å². The highest BCUT2D eigenvalue weighted by Gasteiger charge is 2.37. The van der Waals surface area contributed by atoms with Crippen LogP contribution in [-0.4, -0.2) is 42.1 Å². The first-order chi connectivity index (χ1) is 12.5. The van der Waals surface area contributed by atoms with Gasteiger partial charge in [0.05, 0.1) is 30.5 Å². The van der Waals surface area contributed by atoms with E-state index in [-0.39, 0.29) is 17.8 Å². The molecule has 2 aliphatic rings. The van der Waals surface area contributed by atoms with Crippen LogP contribution < -0.4 is 4.90 Å². The summed E-state index contributed by atoms with van der Waals surface area (Å²) in [6, 6.07) is 8.24. The minimum Gasteiger partial charge on any atom is -0.378 e. The maximum atomic E-state index is 13.5. The molecule has 0 bridgehead atoms. The van der Waals surface area contributed by atoms with E-state index in [1.807, 2.05) is 26.0 Å².